The van der Waals surface area contributed by atoms with Crippen molar-refractivity contribution < 1.29 is 14.6 Å². The lowest BCUT2D eigenvalue weighted by Crippen LogP contribution is -2.38. The fourth-order valence-electron chi connectivity index (χ4n) is 3.79. The standard InChI is InChI=1S/C21H31NO3/c1-16-12-17(2)25-21(13-16)18-6-8-20(9-7-18)24-15-19(23)14-22-10-4-3-5-11-22/h6-9,17,19,21,23H,1,3-5,10-15H2,2H3/t17-,19-,21+/m0/s1. The first-order valence-electron chi connectivity index (χ1n) is 9.55. The quantitative estimate of drug-likeness (QED) is 0.798. The zero-order valence-electron chi connectivity index (χ0n) is 15.3. The molecule has 4 nitrogen and oxygen atoms in total. The summed E-state index contributed by atoms with van der Waals surface area (Å²) >= 11 is 0. The lowest BCUT2D eigenvalue weighted by molar-refractivity contribution is -0.0224. The van der Waals surface area contributed by atoms with E-state index >= 15 is 0 Å². The van der Waals surface area contributed by atoms with Gasteiger partial charge in [-0.3, -0.25) is 0 Å². The zero-order valence-corrected chi connectivity index (χ0v) is 15.3. The second-order valence-electron chi connectivity index (χ2n) is 7.49. The Morgan fingerprint density at radius 3 is 2.60 bits per heavy atom. The normalized spacial score (nSPS) is 26.4. The number of ether oxygens (including phenoxy) is 2. The van der Waals surface area contributed by atoms with Crippen LogP contribution in [0.2, 0.25) is 0 Å². The van der Waals surface area contributed by atoms with Crippen LogP contribution in [0.15, 0.2) is 36.4 Å². The van der Waals surface area contributed by atoms with E-state index in [1.165, 1.54) is 24.8 Å². The maximum absolute atomic E-state index is 10.2. The molecule has 3 atom stereocenters. The molecular formula is C21H31NO3. The molecule has 2 aliphatic rings. The van der Waals surface area contributed by atoms with E-state index < -0.39 is 6.10 Å². The van der Waals surface area contributed by atoms with Gasteiger partial charge in [0.2, 0.25) is 0 Å². The van der Waals surface area contributed by atoms with Crippen molar-refractivity contribution in [1.82, 2.24) is 4.90 Å². The maximum Gasteiger partial charge on any atom is 0.119 e. The van der Waals surface area contributed by atoms with Crippen LogP contribution in [0.25, 0.3) is 0 Å². The van der Waals surface area contributed by atoms with Gasteiger partial charge in [-0.05, 0) is 63.4 Å². The molecule has 25 heavy (non-hydrogen) atoms. The van der Waals surface area contributed by atoms with Crippen LogP contribution in [-0.2, 0) is 4.74 Å². The van der Waals surface area contributed by atoms with Crippen LogP contribution in [-0.4, -0.2) is 48.5 Å². The molecule has 0 amide bonds. The molecule has 4 heteroatoms. The van der Waals surface area contributed by atoms with Gasteiger partial charge in [-0.1, -0.05) is 30.7 Å². The molecule has 1 N–H and O–H groups in total. The highest BCUT2D eigenvalue weighted by atomic mass is 16.5. The zero-order chi connectivity index (χ0) is 17.6. The number of aliphatic hydroxyl groups excluding tert-OH is 1. The molecule has 0 radical (unpaired) electrons. The van der Waals surface area contributed by atoms with E-state index in [-0.39, 0.29) is 12.2 Å². The van der Waals surface area contributed by atoms with Crippen molar-refractivity contribution in [3.8, 4) is 5.75 Å². The fourth-order valence-corrected chi connectivity index (χ4v) is 3.79. The van der Waals surface area contributed by atoms with Gasteiger partial charge in [0, 0.05) is 6.54 Å². The molecule has 1 aromatic rings. The first-order valence-corrected chi connectivity index (χ1v) is 9.55. The molecule has 3 rings (SSSR count). The number of aliphatic hydroxyl groups is 1. The molecule has 2 fully saturated rings. The Labute approximate surface area is 151 Å². The molecule has 0 unspecified atom stereocenters. The average molecular weight is 345 g/mol. The van der Waals surface area contributed by atoms with Crippen molar-refractivity contribution in [3.05, 3.63) is 42.0 Å². The van der Waals surface area contributed by atoms with Gasteiger partial charge < -0.3 is 19.5 Å². The van der Waals surface area contributed by atoms with E-state index in [2.05, 4.69) is 30.5 Å². The summed E-state index contributed by atoms with van der Waals surface area (Å²) in [4.78, 5) is 2.33. The summed E-state index contributed by atoms with van der Waals surface area (Å²) in [6.07, 6.45) is 5.51. The minimum atomic E-state index is -0.441. The van der Waals surface area contributed by atoms with Gasteiger partial charge in [0.1, 0.15) is 18.5 Å². The van der Waals surface area contributed by atoms with Crippen molar-refractivity contribution in [3.63, 3.8) is 0 Å². The predicted octanol–water partition coefficient (Wildman–Crippen LogP) is 3.71. The number of nitrogens with zero attached hydrogens (tertiary/aromatic N) is 1. The number of piperidine rings is 1. The first kappa shape index (κ1) is 18.4. The van der Waals surface area contributed by atoms with E-state index in [1.54, 1.807) is 0 Å². The third-order valence-electron chi connectivity index (χ3n) is 5.06. The minimum Gasteiger partial charge on any atom is -0.491 e. The molecule has 1 aromatic carbocycles. The molecule has 2 aliphatic heterocycles. The lowest BCUT2D eigenvalue weighted by atomic mass is 9.95. The summed E-state index contributed by atoms with van der Waals surface area (Å²) in [5.41, 5.74) is 2.42. The number of β-amino-alcohol motifs (C(OH)–C–C–N with tert-alkyl or cyclic N) is 1. The Kier molecular flexibility index (Phi) is 6.51. The minimum absolute atomic E-state index is 0.0926. The van der Waals surface area contributed by atoms with Crippen molar-refractivity contribution in [2.24, 2.45) is 0 Å². The van der Waals surface area contributed by atoms with Crippen LogP contribution < -0.4 is 4.74 Å². The first-order chi connectivity index (χ1) is 12.1. The topological polar surface area (TPSA) is 41.9 Å². The fraction of sp³-hybridized carbons (Fsp3) is 0.619. The third-order valence-corrected chi connectivity index (χ3v) is 5.06. The Balaban J connectivity index is 1.46. The number of rotatable bonds is 6. The van der Waals surface area contributed by atoms with Crippen LogP contribution >= 0.6 is 0 Å². The number of hydrogen-bond donors (Lipinski definition) is 1. The highest BCUT2D eigenvalue weighted by molar-refractivity contribution is 5.29. The Hall–Kier alpha value is -1.36. The number of benzene rings is 1. The Bertz CT molecular complexity index is 551. The molecule has 0 spiro atoms. The summed E-state index contributed by atoms with van der Waals surface area (Å²) in [5, 5.41) is 10.2. The van der Waals surface area contributed by atoms with Crippen molar-refractivity contribution >= 4 is 0 Å². The summed E-state index contributed by atoms with van der Waals surface area (Å²) in [6, 6.07) is 8.05. The van der Waals surface area contributed by atoms with Crippen LogP contribution in [0.1, 0.15) is 50.7 Å². The molecule has 2 saturated heterocycles. The van der Waals surface area contributed by atoms with Crippen LogP contribution in [0.4, 0.5) is 0 Å². The number of likely N-dealkylation sites (tertiary alicyclic amines) is 1. The van der Waals surface area contributed by atoms with Gasteiger partial charge in [0.25, 0.3) is 0 Å². The molecule has 0 bridgehead atoms. The third kappa shape index (κ3) is 5.56. The van der Waals surface area contributed by atoms with Crippen molar-refractivity contribution in [1.29, 1.82) is 0 Å². The highest BCUT2D eigenvalue weighted by Gasteiger charge is 2.23. The molecule has 0 aromatic heterocycles. The van der Waals surface area contributed by atoms with Crippen LogP contribution in [0.3, 0.4) is 0 Å². The van der Waals surface area contributed by atoms with Gasteiger partial charge in [-0.2, -0.15) is 0 Å². The maximum atomic E-state index is 10.2. The van der Waals surface area contributed by atoms with Crippen LogP contribution in [0, 0.1) is 0 Å². The molecule has 0 aliphatic carbocycles. The second-order valence-corrected chi connectivity index (χ2v) is 7.49. The Morgan fingerprint density at radius 2 is 1.92 bits per heavy atom. The molecule has 138 valence electrons. The van der Waals surface area contributed by atoms with Gasteiger partial charge in [-0.25, -0.2) is 0 Å². The lowest BCUT2D eigenvalue weighted by Gasteiger charge is -2.30. The highest BCUT2D eigenvalue weighted by Crippen LogP contribution is 2.34. The van der Waals surface area contributed by atoms with E-state index in [1.807, 2.05) is 12.1 Å². The average Bonchev–Trinajstić information content (AvgIpc) is 2.60. The SMILES string of the molecule is C=C1C[C@H](C)O[C@@H](c2ccc(OC[C@@H](O)CN3CCCCC3)cc2)C1. The largest absolute Gasteiger partial charge is 0.491 e. The van der Waals surface area contributed by atoms with Crippen molar-refractivity contribution in [2.45, 2.75) is 57.3 Å². The van der Waals surface area contributed by atoms with E-state index in [0.717, 1.165) is 37.2 Å². The van der Waals surface area contributed by atoms with Gasteiger partial charge >= 0.3 is 0 Å². The summed E-state index contributed by atoms with van der Waals surface area (Å²) < 4.78 is 11.8. The van der Waals surface area contributed by atoms with E-state index in [0.29, 0.717) is 13.2 Å². The molecule has 0 saturated carbocycles. The predicted molar refractivity (Wildman–Crippen MR) is 99.9 cm³/mol. The van der Waals surface area contributed by atoms with E-state index in [9.17, 15) is 5.11 Å². The summed E-state index contributed by atoms with van der Waals surface area (Å²) in [5.74, 6) is 0.795. The Morgan fingerprint density at radius 1 is 1.20 bits per heavy atom. The summed E-state index contributed by atoms with van der Waals surface area (Å²) in [7, 11) is 0. The molecule has 2 heterocycles. The van der Waals surface area contributed by atoms with E-state index in [4.69, 9.17) is 9.47 Å². The van der Waals surface area contributed by atoms with Gasteiger partial charge in [0.15, 0.2) is 0 Å². The smallest absolute Gasteiger partial charge is 0.119 e. The van der Waals surface area contributed by atoms with Gasteiger partial charge in [-0.15, -0.1) is 0 Å². The van der Waals surface area contributed by atoms with Crippen LogP contribution in [0.5, 0.6) is 5.75 Å². The molecular weight excluding hydrogens is 314 g/mol. The van der Waals surface area contributed by atoms with Crippen molar-refractivity contribution in [2.75, 3.05) is 26.2 Å². The second kappa shape index (κ2) is 8.84. The number of hydrogen-bond acceptors (Lipinski definition) is 4. The monoisotopic (exact) mass is 345 g/mol. The summed E-state index contributed by atoms with van der Waals surface area (Å²) in [6.45, 7) is 9.44. The van der Waals surface area contributed by atoms with Gasteiger partial charge in [0.05, 0.1) is 12.2 Å².